The van der Waals surface area contributed by atoms with Crippen molar-refractivity contribution in [3.63, 3.8) is 0 Å². The van der Waals surface area contributed by atoms with Crippen molar-refractivity contribution in [1.29, 1.82) is 0 Å². The van der Waals surface area contributed by atoms with Crippen LogP contribution >= 0.6 is 0 Å². The maximum Gasteiger partial charge on any atom is 0.301 e. The Kier molecular flexibility index (Phi) is 4.74. The molecule has 1 aliphatic rings. The SMILES string of the molecule is CN(C)S(=O)(=O)Nc1cc(-c2nnc3n2CCCCC3)c(F)cc1F. The molecule has 0 radical (unpaired) electrons. The number of fused-ring (bicyclic) bond motifs is 1. The molecule has 25 heavy (non-hydrogen) atoms. The van der Waals surface area contributed by atoms with Gasteiger partial charge in [0.25, 0.3) is 0 Å². The van der Waals surface area contributed by atoms with Crippen LogP contribution in [0.15, 0.2) is 12.1 Å². The third-order valence-electron chi connectivity index (χ3n) is 4.13. The number of nitrogens with zero attached hydrogens (tertiary/aromatic N) is 4. The Hall–Kier alpha value is -2.07. The number of benzene rings is 1. The van der Waals surface area contributed by atoms with E-state index >= 15 is 0 Å². The molecule has 1 aliphatic heterocycles. The first kappa shape index (κ1) is 17.7. The van der Waals surface area contributed by atoms with Crippen molar-refractivity contribution in [2.75, 3.05) is 18.8 Å². The summed E-state index contributed by atoms with van der Waals surface area (Å²) in [7, 11) is -1.30. The summed E-state index contributed by atoms with van der Waals surface area (Å²) >= 11 is 0. The van der Waals surface area contributed by atoms with Crippen LogP contribution in [0.4, 0.5) is 14.5 Å². The molecular weight excluding hydrogens is 352 g/mol. The largest absolute Gasteiger partial charge is 0.311 e. The number of nitrogens with one attached hydrogen (secondary N) is 1. The van der Waals surface area contributed by atoms with E-state index in [1.807, 2.05) is 4.57 Å². The molecule has 10 heteroatoms. The van der Waals surface area contributed by atoms with Crippen molar-refractivity contribution in [1.82, 2.24) is 19.1 Å². The predicted octanol–water partition coefficient (Wildman–Crippen LogP) is 2.17. The summed E-state index contributed by atoms with van der Waals surface area (Å²) < 4.78 is 57.1. The van der Waals surface area contributed by atoms with Crippen LogP contribution in [0.1, 0.15) is 25.1 Å². The molecule has 0 fully saturated rings. The lowest BCUT2D eigenvalue weighted by molar-refractivity contribution is 0.525. The van der Waals surface area contributed by atoms with Crippen molar-refractivity contribution in [2.45, 2.75) is 32.2 Å². The molecule has 1 N–H and O–H groups in total. The van der Waals surface area contributed by atoms with Gasteiger partial charge in [-0.3, -0.25) is 4.72 Å². The lowest BCUT2D eigenvalue weighted by Crippen LogP contribution is -2.29. The Balaban J connectivity index is 2.06. The highest BCUT2D eigenvalue weighted by Gasteiger charge is 2.22. The van der Waals surface area contributed by atoms with Crippen LogP contribution in [0.2, 0.25) is 0 Å². The molecule has 0 bridgehead atoms. The number of hydrogen-bond donors (Lipinski definition) is 1. The fourth-order valence-electron chi connectivity index (χ4n) is 2.71. The Bertz CT molecular complexity index is 896. The van der Waals surface area contributed by atoms with E-state index in [1.54, 1.807) is 0 Å². The molecule has 0 saturated heterocycles. The highest BCUT2D eigenvalue weighted by atomic mass is 32.2. The van der Waals surface area contributed by atoms with Gasteiger partial charge in [-0.2, -0.15) is 12.7 Å². The standard InChI is InChI=1S/C15H19F2N5O2S/c1-21(2)25(23,24)20-13-8-10(11(16)9-12(13)17)15-19-18-14-6-4-3-5-7-22(14)15/h8-9,20H,3-7H2,1-2H3. The third-order valence-corrected chi connectivity index (χ3v) is 5.57. The molecule has 0 saturated carbocycles. The number of anilines is 1. The second-order valence-corrected chi connectivity index (χ2v) is 7.99. The molecule has 3 rings (SSSR count). The van der Waals surface area contributed by atoms with Crippen LogP contribution in [-0.2, 0) is 23.2 Å². The molecule has 2 aromatic rings. The van der Waals surface area contributed by atoms with Crippen molar-refractivity contribution in [3.8, 4) is 11.4 Å². The number of halogens is 2. The summed E-state index contributed by atoms with van der Waals surface area (Å²) in [6.07, 6.45) is 3.69. The highest BCUT2D eigenvalue weighted by Crippen LogP contribution is 2.29. The quantitative estimate of drug-likeness (QED) is 0.893. The maximum atomic E-state index is 14.3. The van der Waals surface area contributed by atoms with Gasteiger partial charge in [0.05, 0.1) is 11.3 Å². The lowest BCUT2D eigenvalue weighted by Gasteiger charge is -2.15. The lowest BCUT2D eigenvalue weighted by atomic mass is 10.1. The molecule has 1 aromatic heterocycles. The van der Waals surface area contributed by atoms with Crippen molar-refractivity contribution in [3.05, 3.63) is 29.6 Å². The van der Waals surface area contributed by atoms with Crippen LogP contribution < -0.4 is 4.72 Å². The number of rotatable bonds is 4. The fraction of sp³-hybridized carbons (Fsp3) is 0.467. The molecule has 2 heterocycles. The van der Waals surface area contributed by atoms with Crippen LogP contribution in [0.3, 0.4) is 0 Å². The number of aromatic nitrogens is 3. The molecule has 0 spiro atoms. The van der Waals surface area contributed by atoms with Gasteiger partial charge in [0.15, 0.2) is 5.82 Å². The molecule has 136 valence electrons. The van der Waals surface area contributed by atoms with Gasteiger partial charge in [0.2, 0.25) is 0 Å². The minimum Gasteiger partial charge on any atom is -0.311 e. The van der Waals surface area contributed by atoms with Gasteiger partial charge in [0, 0.05) is 33.1 Å². The van der Waals surface area contributed by atoms with Crippen molar-refractivity contribution in [2.24, 2.45) is 0 Å². The summed E-state index contributed by atoms with van der Waals surface area (Å²) in [5.74, 6) is -0.779. The van der Waals surface area contributed by atoms with Gasteiger partial charge in [-0.25, -0.2) is 8.78 Å². The Labute approximate surface area is 144 Å². The summed E-state index contributed by atoms with van der Waals surface area (Å²) in [6, 6.07) is 1.77. The van der Waals surface area contributed by atoms with Gasteiger partial charge in [0.1, 0.15) is 17.5 Å². The predicted molar refractivity (Wildman–Crippen MR) is 89.2 cm³/mol. The first-order valence-electron chi connectivity index (χ1n) is 7.91. The van der Waals surface area contributed by atoms with E-state index in [1.165, 1.54) is 14.1 Å². The van der Waals surface area contributed by atoms with Gasteiger partial charge < -0.3 is 4.57 Å². The maximum absolute atomic E-state index is 14.3. The second-order valence-electron chi connectivity index (χ2n) is 6.10. The highest BCUT2D eigenvalue weighted by molar-refractivity contribution is 7.90. The zero-order valence-electron chi connectivity index (χ0n) is 14.0. The number of aryl methyl sites for hydroxylation is 1. The van der Waals surface area contributed by atoms with Crippen molar-refractivity contribution >= 4 is 15.9 Å². The first-order chi connectivity index (χ1) is 11.8. The zero-order valence-corrected chi connectivity index (χ0v) is 14.8. The average Bonchev–Trinajstić information content (AvgIpc) is 2.78. The molecule has 0 amide bonds. The van der Waals surface area contributed by atoms with E-state index < -0.39 is 21.8 Å². The van der Waals surface area contributed by atoms with E-state index in [-0.39, 0.29) is 17.1 Å². The van der Waals surface area contributed by atoms with Gasteiger partial charge in [-0.15, -0.1) is 10.2 Å². The molecule has 7 nitrogen and oxygen atoms in total. The second kappa shape index (κ2) is 6.68. The van der Waals surface area contributed by atoms with E-state index in [4.69, 9.17) is 0 Å². The van der Waals surface area contributed by atoms with Gasteiger partial charge in [-0.1, -0.05) is 6.42 Å². The summed E-state index contributed by atoms with van der Waals surface area (Å²) in [5.41, 5.74) is -0.324. The van der Waals surface area contributed by atoms with E-state index in [9.17, 15) is 17.2 Å². The zero-order chi connectivity index (χ0) is 18.2. The molecule has 0 aliphatic carbocycles. The van der Waals surface area contributed by atoms with Gasteiger partial charge in [-0.05, 0) is 18.9 Å². The topological polar surface area (TPSA) is 80.1 Å². The van der Waals surface area contributed by atoms with Crippen LogP contribution in [0.25, 0.3) is 11.4 Å². The van der Waals surface area contributed by atoms with E-state index in [0.29, 0.717) is 12.6 Å². The molecule has 1 aromatic carbocycles. The molecule has 0 unspecified atom stereocenters. The van der Waals surface area contributed by atoms with Crippen molar-refractivity contribution < 1.29 is 17.2 Å². The third kappa shape index (κ3) is 3.49. The van der Waals surface area contributed by atoms with Crippen LogP contribution in [0.5, 0.6) is 0 Å². The first-order valence-corrected chi connectivity index (χ1v) is 9.35. The minimum absolute atomic E-state index is 0.0125. The number of hydrogen-bond acceptors (Lipinski definition) is 4. The fourth-order valence-corrected chi connectivity index (χ4v) is 3.33. The minimum atomic E-state index is -3.92. The summed E-state index contributed by atoms with van der Waals surface area (Å²) in [5, 5.41) is 8.13. The van der Waals surface area contributed by atoms with Gasteiger partial charge >= 0.3 is 10.2 Å². The smallest absolute Gasteiger partial charge is 0.301 e. The molecule has 0 atom stereocenters. The normalized spacial score (nSPS) is 15.1. The monoisotopic (exact) mass is 371 g/mol. The molecular formula is C15H19F2N5O2S. The Morgan fingerprint density at radius 2 is 1.88 bits per heavy atom. The average molecular weight is 371 g/mol. The Morgan fingerprint density at radius 1 is 1.12 bits per heavy atom. The Morgan fingerprint density at radius 3 is 2.60 bits per heavy atom. The van der Waals surface area contributed by atoms with E-state index in [2.05, 4.69) is 14.9 Å². The van der Waals surface area contributed by atoms with E-state index in [0.717, 1.165) is 41.9 Å². The van der Waals surface area contributed by atoms with Crippen LogP contribution in [0, 0.1) is 11.6 Å². The summed E-state index contributed by atoms with van der Waals surface area (Å²) in [4.78, 5) is 0. The summed E-state index contributed by atoms with van der Waals surface area (Å²) in [6.45, 7) is 0.646. The van der Waals surface area contributed by atoms with Crippen LogP contribution in [-0.4, -0.2) is 41.6 Å².